The van der Waals surface area contributed by atoms with Gasteiger partial charge in [-0.3, -0.25) is 4.31 Å². The maximum Gasteiger partial charge on any atom is 0.234 e. The van der Waals surface area contributed by atoms with E-state index in [4.69, 9.17) is 0 Å². The van der Waals surface area contributed by atoms with E-state index in [9.17, 15) is 12.8 Å². The number of sulfonamides is 1. The van der Waals surface area contributed by atoms with E-state index >= 15 is 0 Å². The standard InChI is InChI=1S/C14H21FN2O2S/c1-17(14-6-4-5-12(15)11-14)20(18,19)10-3-2-9-16-13-7-8-13/h4-6,11,13,16H,2-3,7-10H2,1H3. The van der Waals surface area contributed by atoms with Crippen LogP contribution in [0, 0.1) is 5.82 Å². The number of nitrogens with zero attached hydrogens (tertiary/aromatic N) is 1. The SMILES string of the molecule is CN(c1cccc(F)c1)S(=O)(=O)CCCCNC1CC1. The molecule has 1 saturated carbocycles. The van der Waals surface area contributed by atoms with Crippen molar-refractivity contribution in [2.45, 2.75) is 31.7 Å². The van der Waals surface area contributed by atoms with Crippen molar-refractivity contribution < 1.29 is 12.8 Å². The van der Waals surface area contributed by atoms with Gasteiger partial charge < -0.3 is 5.32 Å². The zero-order chi connectivity index (χ0) is 14.6. The average Bonchev–Trinajstić information content (AvgIpc) is 3.21. The second-order valence-corrected chi connectivity index (χ2v) is 7.32. The zero-order valence-corrected chi connectivity index (χ0v) is 12.5. The summed E-state index contributed by atoms with van der Waals surface area (Å²) in [7, 11) is -1.91. The summed E-state index contributed by atoms with van der Waals surface area (Å²) in [4.78, 5) is 0. The van der Waals surface area contributed by atoms with Crippen molar-refractivity contribution in [1.82, 2.24) is 5.32 Å². The fourth-order valence-corrected chi connectivity index (χ4v) is 3.25. The summed E-state index contributed by atoms with van der Waals surface area (Å²) in [6.45, 7) is 0.865. The summed E-state index contributed by atoms with van der Waals surface area (Å²) in [5.74, 6) is -0.343. The Hall–Kier alpha value is -1.14. The van der Waals surface area contributed by atoms with Crippen LogP contribution in [-0.2, 0) is 10.0 Å². The molecule has 4 nitrogen and oxygen atoms in total. The molecule has 2 rings (SSSR count). The van der Waals surface area contributed by atoms with Gasteiger partial charge in [0.05, 0.1) is 11.4 Å². The van der Waals surface area contributed by atoms with Gasteiger partial charge in [0.1, 0.15) is 5.82 Å². The molecule has 1 aromatic carbocycles. The van der Waals surface area contributed by atoms with Crippen molar-refractivity contribution in [1.29, 1.82) is 0 Å². The molecule has 0 saturated heterocycles. The molecule has 0 aliphatic heterocycles. The molecule has 1 aliphatic rings. The topological polar surface area (TPSA) is 49.4 Å². The second kappa shape index (κ2) is 6.54. The van der Waals surface area contributed by atoms with Gasteiger partial charge in [0.15, 0.2) is 0 Å². The number of hydrogen-bond donors (Lipinski definition) is 1. The van der Waals surface area contributed by atoms with Gasteiger partial charge >= 0.3 is 0 Å². The molecule has 1 fully saturated rings. The van der Waals surface area contributed by atoms with Gasteiger partial charge in [0.25, 0.3) is 0 Å². The molecule has 0 unspecified atom stereocenters. The molecule has 0 radical (unpaired) electrons. The molecule has 0 spiro atoms. The first-order valence-corrected chi connectivity index (χ1v) is 8.55. The lowest BCUT2D eigenvalue weighted by Gasteiger charge is -2.19. The Balaban J connectivity index is 1.81. The Kier molecular flexibility index (Phi) is 4.99. The van der Waals surface area contributed by atoms with E-state index < -0.39 is 15.8 Å². The van der Waals surface area contributed by atoms with E-state index in [1.807, 2.05) is 0 Å². The lowest BCUT2D eigenvalue weighted by Crippen LogP contribution is -2.29. The van der Waals surface area contributed by atoms with Crippen molar-refractivity contribution in [3.63, 3.8) is 0 Å². The number of halogens is 1. The molecular formula is C14H21FN2O2S. The van der Waals surface area contributed by atoms with Gasteiger partial charge in [0, 0.05) is 13.1 Å². The van der Waals surface area contributed by atoms with Crippen molar-refractivity contribution in [3.05, 3.63) is 30.1 Å². The number of benzene rings is 1. The van der Waals surface area contributed by atoms with Crippen LogP contribution in [-0.4, -0.2) is 33.8 Å². The molecule has 1 aliphatic carbocycles. The fraction of sp³-hybridized carbons (Fsp3) is 0.571. The Morgan fingerprint density at radius 3 is 2.75 bits per heavy atom. The van der Waals surface area contributed by atoms with Gasteiger partial charge in [-0.15, -0.1) is 0 Å². The van der Waals surface area contributed by atoms with E-state index in [-0.39, 0.29) is 5.75 Å². The van der Waals surface area contributed by atoms with Crippen LogP contribution in [0.5, 0.6) is 0 Å². The van der Waals surface area contributed by atoms with Gasteiger partial charge in [0.2, 0.25) is 10.0 Å². The summed E-state index contributed by atoms with van der Waals surface area (Å²) < 4.78 is 38.5. The Bertz CT molecular complexity index is 544. The molecule has 20 heavy (non-hydrogen) atoms. The van der Waals surface area contributed by atoms with Crippen LogP contribution in [0.4, 0.5) is 10.1 Å². The van der Waals surface area contributed by atoms with Crippen LogP contribution < -0.4 is 9.62 Å². The van der Waals surface area contributed by atoms with Crippen LogP contribution in [0.2, 0.25) is 0 Å². The highest BCUT2D eigenvalue weighted by Crippen LogP contribution is 2.19. The van der Waals surface area contributed by atoms with Crippen LogP contribution in [0.15, 0.2) is 24.3 Å². The van der Waals surface area contributed by atoms with E-state index in [2.05, 4.69) is 5.32 Å². The van der Waals surface area contributed by atoms with Crippen molar-refractivity contribution in [2.24, 2.45) is 0 Å². The highest BCUT2D eigenvalue weighted by Gasteiger charge is 2.20. The number of rotatable bonds is 8. The number of anilines is 1. The molecule has 0 atom stereocenters. The monoisotopic (exact) mass is 300 g/mol. The highest BCUT2D eigenvalue weighted by atomic mass is 32.2. The van der Waals surface area contributed by atoms with Crippen LogP contribution in [0.1, 0.15) is 25.7 Å². The third-order valence-corrected chi connectivity index (χ3v) is 5.28. The number of hydrogen-bond acceptors (Lipinski definition) is 3. The maximum atomic E-state index is 13.1. The minimum atomic E-state index is -3.38. The zero-order valence-electron chi connectivity index (χ0n) is 11.7. The van der Waals surface area contributed by atoms with E-state index in [0.29, 0.717) is 18.2 Å². The molecule has 112 valence electrons. The average molecular weight is 300 g/mol. The molecule has 0 heterocycles. The first-order chi connectivity index (χ1) is 9.49. The van der Waals surface area contributed by atoms with Crippen molar-refractivity contribution >= 4 is 15.7 Å². The fourth-order valence-electron chi connectivity index (χ4n) is 1.97. The summed E-state index contributed by atoms with van der Waals surface area (Å²) >= 11 is 0. The summed E-state index contributed by atoms with van der Waals surface area (Å²) in [6.07, 6.45) is 3.93. The van der Waals surface area contributed by atoms with Gasteiger partial charge in [-0.2, -0.15) is 0 Å². The Morgan fingerprint density at radius 2 is 2.10 bits per heavy atom. The van der Waals surface area contributed by atoms with Crippen LogP contribution >= 0.6 is 0 Å². The van der Waals surface area contributed by atoms with E-state index in [1.165, 1.54) is 38.1 Å². The molecule has 6 heteroatoms. The number of unbranched alkanes of at least 4 members (excludes halogenated alkanes) is 1. The van der Waals surface area contributed by atoms with Gasteiger partial charge in [-0.1, -0.05) is 6.07 Å². The predicted molar refractivity (Wildman–Crippen MR) is 78.8 cm³/mol. The Labute approximate surface area is 120 Å². The first-order valence-electron chi connectivity index (χ1n) is 6.94. The van der Waals surface area contributed by atoms with Gasteiger partial charge in [-0.05, 0) is 50.4 Å². The predicted octanol–water partition coefficient (Wildman–Crippen LogP) is 2.12. The first kappa shape index (κ1) is 15.3. The molecule has 0 bridgehead atoms. The van der Waals surface area contributed by atoms with Gasteiger partial charge in [-0.25, -0.2) is 12.8 Å². The normalized spacial score (nSPS) is 15.3. The second-order valence-electron chi connectivity index (χ2n) is 5.20. The lowest BCUT2D eigenvalue weighted by molar-refractivity contribution is 0.584. The molecule has 1 N–H and O–H groups in total. The van der Waals surface area contributed by atoms with E-state index in [1.54, 1.807) is 6.07 Å². The minimum Gasteiger partial charge on any atom is -0.314 e. The number of nitrogens with one attached hydrogen (secondary N) is 1. The van der Waals surface area contributed by atoms with Crippen molar-refractivity contribution in [2.75, 3.05) is 23.7 Å². The highest BCUT2D eigenvalue weighted by molar-refractivity contribution is 7.92. The third-order valence-electron chi connectivity index (χ3n) is 3.43. The quantitative estimate of drug-likeness (QED) is 0.748. The maximum absolute atomic E-state index is 13.1. The van der Waals surface area contributed by atoms with E-state index in [0.717, 1.165) is 17.3 Å². The van der Waals surface area contributed by atoms with Crippen LogP contribution in [0.25, 0.3) is 0 Å². The van der Waals surface area contributed by atoms with Crippen LogP contribution in [0.3, 0.4) is 0 Å². The molecule has 0 aromatic heterocycles. The Morgan fingerprint density at radius 1 is 1.35 bits per heavy atom. The molecule has 0 amide bonds. The molecular weight excluding hydrogens is 279 g/mol. The molecule has 1 aromatic rings. The largest absolute Gasteiger partial charge is 0.314 e. The third kappa shape index (κ3) is 4.45. The summed E-state index contributed by atoms with van der Waals surface area (Å²) in [5.41, 5.74) is 0.362. The summed E-state index contributed by atoms with van der Waals surface area (Å²) in [5, 5.41) is 3.35. The summed E-state index contributed by atoms with van der Waals surface area (Å²) in [6, 6.07) is 6.28. The minimum absolute atomic E-state index is 0.0896. The smallest absolute Gasteiger partial charge is 0.234 e. The van der Waals surface area contributed by atoms with Crippen molar-refractivity contribution in [3.8, 4) is 0 Å². The lowest BCUT2D eigenvalue weighted by atomic mass is 10.3.